The number of guanidine groups is 1. The van der Waals surface area contributed by atoms with E-state index in [0.29, 0.717) is 32.1 Å². The summed E-state index contributed by atoms with van der Waals surface area (Å²) in [5.74, 6) is 2.57. The summed E-state index contributed by atoms with van der Waals surface area (Å²) in [4.78, 5) is 18.4. The second-order valence-corrected chi connectivity index (χ2v) is 7.26. The van der Waals surface area contributed by atoms with Crippen LogP contribution in [-0.4, -0.2) is 56.2 Å². The average molecular weight is 532 g/mol. The van der Waals surface area contributed by atoms with E-state index in [2.05, 4.69) is 23.2 Å². The van der Waals surface area contributed by atoms with Crippen molar-refractivity contribution in [3.8, 4) is 11.5 Å². The maximum Gasteiger partial charge on any atom is 0.217 e. The number of halogens is 1. The van der Waals surface area contributed by atoms with Gasteiger partial charge >= 0.3 is 0 Å². The summed E-state index contributed by atoms with van der Waals surface area (Å²) in [6, 6.07) is 6.08. The van der Waals surface area contributed by atoms with E-state index < -0.39 is 0 Å². The van der Waals surface area contributed by atoms with Gasteiger partial charge in [-0.25, -0.2) is 0 Å². The normalized spacial score (nSPS) is 16.6. The summed E-state index contributed by atoms with van der Waals surface area (Å²) in [6.45, 7) is 10.5. The molecule has 1 aromatic carbocycles. The number of carbonyl (C=O) groups excluding carboxylic acids is 1. The van der Waals surface area contributed by atoms with Gasteiger partial charge < -0.3 is 25.4 Å². The van der Waals surface area contributed by atoms with Crippen molar-refractivity contribution in [3.05, 3.63) is 23.8 Å². The molecule has 1 aliphatic rings. The monoisotopic (exact) mass is 532 g/mol. The van der Waals surface area contributed by atoms with E-state index >= 15 is 0 Å². The second kappa shape index (κ2) is 14.3. The zero-order chi connectivity index (χ0) is 21.1. The second-order valence-electron chi connectivity index (χ2n) is 7.26. The lowest BCUT2D eigenvalue weighted by Crippen LogP contribution is -2.47. The summed E-state index contributed by atoms with van der Waals surface area (Å²) < 4.78 is 11.3. The Bertz CT molecular complexity index is 684. The molecule has 0 aliphatic carbocycles. The lowest BCUT2D eigenvalue weighted by molar-refractivity contribution is -0.119. The van der Waals surface area contributed by atoms with Crippen molar-refractivity contribution in [1.82, 2.24) is 10.2 Å². The quantitative estimate of drug-likeness (QED) is 0.275. The van der Waals surface area contributed by atoms with Gasteiger partial charge in [0.15, 0.2) is 17.5 Å². The van der Waals surface area contributed by atoms with Crippen molar-refractivity contribution in [2.45, 2.75) is 46.5 Å². The molecule has 8 heteroatoms. The predicted molar refractivity (Wildman–Crippen MR) is 132 cm³/mol. The molecular formula is C22H37IN4O3. The van der Waals surface area contributed by atoms with Crippen LogP contribution in [0.15, 0.2) is 23.2 Å². The number of ether oxygens (including phenoxy) is 2. The molecule has 1 atom stereocenters. The number of carbonyl (C=O) groups is 1. The van der Waals surface area contributed by atoms with Gasteiger partial charge in [0.1, 0.15) is 0 Å². The number of nitrogens with zero attached hydrogens (tertiary/aromatic N) is 2. The Morgan fingerprint density at radius 1 is 1.23 bits per heavy atom. The lowest BCUT2D eigenvalue weighted by Gasteiger charge is -2.34. The van der Waals surface area contributed by atoms with E-state index in [1.807, 2.05) is 26.0 Å². The first kappa shape index (κ1) is 26.3. The summed E-state index contributed by atoms with van der Waals surface area (Å²) >= 11 is 0. The number of piperidine rings is 1. The van der Waals surface area contributed by atoms with E-state index in [9.17, 15) is 4.79 Å². The molecule has 1 aliphatic heterocycles. The summed E-state index contributed by atoms with van der Waals surface area (Å²) in [5, 5.41) is 3.39. The zero-order valence-electron chi connectivity index (χ0n) is 18.5. The highest BCUT2D eigenvalue weighted by molar-refractivity contribution is 14.0. The van der Waals surface area contributed by atoms with E-state index in [-0.39, 0.29) is 29.9 Å². The molecule has 1 unspecified atom stereocenters. The Morgan fingerprint density at radius 3 is 2.63 bits per heavy atom. The van der Waals surface area contributed by atoms with Gasteiger partial charge in [-0.1, -0.05) is 6.07 Å². The van der Waals surface area contributed by atoms with Crippen LogP contribution in [0.25, 0.3) is 0 Å². The molecule has 3 N–H and O–H groups in total. The van der Waals surface area contributed by atoms with Crippen LogP contribution in [0.5, 0.6) is 11.5 Å². The summed E-state index contributed by atoms with van der Waals surface area (Å²) in [6.07, 6.45) is 3.37. The Kier molecular flexibility index (Phi) is 12.6. The molecule has 0 spiro atoms. The first-order chi connectivity index (χ1) is 14.1. The van der Waals surface area contributed by atoms with Gasteiger partial charge in [0.2, 0.25) is 5.91 Å². The van der Waals surface area contributed by atoms with Crippen molar-refractivity contribution in [3.63, 3.8) is 0 Å². The first-order valence-electron chi connectivity index (χ1n) is 10.8. The van der Waals surface area contributed by atoms with Crippen LogP contribution in [0.1, 0.15) is 45.6 Å². The molecule has 2 rings (SSSR count). The van der Waals surface area contributed by atoms with Crippen molar-refractivity contribution in [2.24, 2.45) is 16.6 Å². The maximum atomic E-state index is 11.3. The number of aliphatic imine (C=N–C) groups is 1. The largest absolute Gasteiger partial charge is 0.490 e. The lowest BCUT2D eigenvalue weighted by atomic mass is 9.95. The fraction of sp³-hybridized carbons (Fsp3) is 0.636. The molecule has 0 saturated carbocycles. The van der Waals surface area contributed by atoms with Crippen LogP contribution in [-0.2, 0) is 11.2 Å². The van der Waals surface area contributed by atoms with Crippen molar-refractivity contribution < 1.29 is 14.3 Å². The highest BCUT2D eigenvalue weighted by atomic mass is 127. The summed E-state index contributed by atoms with van der Waals surface area (Å²) in [7, 11) is 0. The van der Waals surface area contributed by atoms with Crippen molar-refractivity contribution in [2.75, 3.05) is 39.4 Å². The van der Waals surface area contributed by atoms with Gasteiger partial charge in [0.05, 0.1) is 13.2 Å². The molecule has 0 aromatic heterocycles. The SMILES string of the molecule is CCNC(=NCCc1ccc(OCC)c(OCC)c1)N1CCCC(CC(N)=O)C1.I. The minimum Gasteiger partial charge on any atom is -0.490 e. The molecule has 1 saturated heterocycles. The van der Waals surface area contributed by atoms with Crippen LogP contribution < -0.4 is 20.5 Å². The van der Waals surface area contributed by atoms with Crippen LogP contribution in [0, 0.1) is 5.92 Å². The van der Waals surface area contributed by atoms with E-state index in [1.165, 1.54) is 5.56 Å². The molecule has 30 heavy (non-hydrogen) atoms. The summed E-state index contributed by atoms with van der Waals surface area (Å²) in [5.41, 5.74) is 6.56. The Morgan fingerprint density at radius 2 is 1.97 bits per heavy atom. The third-order valence-electron chi connectivity index (χ3n) is 4.91. The van der Waals surface area contributed by atoms with Gasteiger partial charge in [0, 0.05) is 32.6 Å². The van der Waals surface area contributed by atoms with Crippen LogP contribution in [0.4, 0.5) is 0 Å². The van der Waals surface area contributed by atoms with Gasteiger partial charge in [-0.05, 0) is 63.6 Å². The number of likely N-dealkylation sites (tertiary alicyclic amines) is 1. The fourth-order valence-electron chi connectivity index (χ4n) is 3.68. The van der Waals surface area contributed by atoms with Crippen LogP contribution >= 0.6 is 24.0 Å². The smallest absolute Gasteiger partial charge is 0.217 e. The molecule has 1 heterocycles. The minimum absolute atomic E-state index is 0. The van der Waals surface area contributed by atoms with E-state index in [0.717, 1.165) is 56.4 Å². The Hall–Kier alpha value is -1.71. The zero-order valence-corrected chi connectivity index (χ0v) is 20.8. The number of benzene rings is 1. The van der Waals surface area contributed by atoms with Crippen molar-refractivity contribution in [1.29, 1.82) is 0 Å². The third-order valence-corrected chi connectivity index (χ3v) is 4.91. The number of amides is 1. The van der Waals surface area contributed by atoms with E-state index in [1.54, 1.807) is 0 Å². The molecule has 170 valence electrons. The average Bonchev–Trinajstić information content (AvgIpc) is 2.69. The molecule has 0 bridgehead atoms. The number of primary amides is 1. The number of nitrogens with two attached hydrogens (primary N) is 1. The van der Waals surface area contributed by atoms with Crippen LogP contribution in [0.3, 0.4) is 0 Å². The molecule has 0 radical (unpaired) electrons. The minimum atomic E-state index is -0.223. The highest BCUT2D eigenvalue weighted by Crippen LogP contribution is 2.28. The van der Waals surface area contributed by atoms with Gasteiger partial charge in [0.25, 0.3) is 0 Å². The molecule has 1 aromatic rings. The van der Waals surface area contributed by atoms with Gasteiger partial charge in [-0.3, -0.25) is 9.79 Å². The number of hydrogen-bond donors (Lipinski definition) is 2. The third kappa shape index (κ3) is 8.57. The van der Waals surface area contributed by atoms with Crippen molar-refractivity contribution >= 4 is 35.8 Å². The molecule has 1 amide bonds. The molecule has 7 nitrogen and oxygen atoms in total. The number of nitrogens with one attached hydrogen (secondary N) is 1. The fourth-order valence-corrected chi connectivity index (χ4v) is 3.68. The molecular weight excluding hydrogens is 495 g/mol. The maximum absolute atomic E-state index is 11.3. The van der Waals surface area contributed by atoms with Gasteiger partial charge in [-0.15, -0.1) is 24.0 Å². The van der Waals surface area contributed by atoms with Crippen LogP contribution in [0.2, 0.25) is 0 Å². The number of hydrogen-bond acceptors (Lipinski definition) is 4. The highest BCUT2D eigenvalue weighted by Gasteiger charge is 2.23. The standard InChI is InChI=1S/C22H36N4O3.HI/c1-4-24-22(26-13-7-8-18(16-26)15-21(23)27)25-12-11-17-9-10-19(28-5-2)20(14-17)29-6-3;/h9-10,14,18H,4-8,11-13,15-16H2,1-3H3,(H2,23,27)(H,24,25);1H. The Balaban J connectivity index is 0.00000450. The van der Waals surface area contributed by atoms with E-state index in [4.69, 9.17) is 20.2 Å². The first-order valence-corrected chi connectivity index (χ1v) is 10.8. The predicted octanol–water partition coefficient (Wildman–Crippen LogP) is 3.20. The Labute approximate surface area is 197 Å². The topological polar surface area (TPSA) is 89.2 Å². The molecule has 1 fully saturated rings. The number of rotatable bonds is 10. The van der Waals surface area contributed by atoms with Gasteiger partial charge in [-0.2, -0.15) is 0 Å².